The van der Waals surface area contributed by atoms with Crippen molar-refractivity contribution in [2.75, 3.05) is 12.3 Å². The van der Waals surface area contributed by atoms with E-state index in [1.54, 1.807) is 23.0 Å². The molecule has 2 aromatic rings. The van der Waals surface area contributed by atoms with Crippen LogP contribution in [0.4, 0.5) is 5.69 Å². The van der Waals surface area contributed by atoms with Crippen molar-refractivity contribution in [3.63, 3.8) is 0 Å². The molecule has 0 aromatic carbocycles. The molecule has 0 fully saturated rings. The summed E-state index contributed by atoms with van der Waals surface area (Å²) in [4.78, 5) is 4.27. The van der Waals surface area contributed by atoms with E-state index in [9.17, 15) is 0 Å². The molecular weight excluding hydrogens is 256 g/mol. The third-order valence-corrected chi connectivity index (χ3v) is 2.57. The van der Waals surface area contributed by atoms with Gasteiger partial charge in [0.15, 0.2) is 5.75 Å². The zero-order valence-electron chi connectivity index (χ0n) is 12.0. The van der Waals surface area contributed by atoms with Crippen LogP contribution in [-0.2, 0) is 6.54 Å². The minimum absolute atomic E-state index is 0.402. The second kappa shape index (κ2) is 6.27. The molecule has 2 N–H and O–H groups in total. The summed E-state index contributed by atoms with van der Waals surface area (Å²) in [6, 6.07) is 3.43. The van der Waals surface area contributed by atoms with Gasteiger partial charge in [-0.05, 0) is 18.9 Å². The molecule has 20 heavy (non-hydrogen) atoms. The fraction of sp³-hybridized carbons (Fsp3) is 0.429. The summed E-state index contributed by atoms with van der Waals surface area (Å²) in [6.07, 6.45) is 3.46. The van der Waals surface area contributed by atoms with Crippen LogP contribution in [0.2, 0.25) is 0 Å². The number of hydrogen-bond donors (Lipinski definition) is 1. The van der Waals surface area contributed by atoms with Gasteiger partial charge in [0.2, 0.25) is 11.8 Å². The van der Waals surface area contributed by atoms with Gasteiger partial charge in [-0.15, -0.1) is 0 Å². The molecular formula is C14H20N4O2. The molecule has 0 amide bonds. The highest BCUT2D eigenvalue weighted by molar-refractivity contribution is 5.49. The monoisotopic (exact) mass is 276 g/mol. The van der Waals surface area contributed by atoms with Crippen molar-refractivity contribution in [2.45, 2.75) is 27.3 Å². The van der Waals surface area contributed by atoms with E-state index in [2.05, 4.69) is 23.9 Å². The van der Waals surface area contributed by atoms with E-state index in [4.69, 9.17) is 15.2 Å². The van der Waals surface area contributed by atoms with Crippen LogP contribution >= 0.6 is 0 Å². The van der Waals surface area contributed by atoms with Gasteiger partial charge in [-0.2, -0.15) is 10.1 Å². The molecule has 2 rings (SSSR count). The molecule has 0 bridgehead atoms. The highest BCUT2D eigenvalue weighted by Gasteiger charge is 2.08. The molecule has 0 aliphatic carbocycles. The largest absolute Gasteiger partial charge is 0.476 e. The SMILES string of the molecule is CCn1cc(Oc2ccc(N)c(OCC(C)C)n2)cn1. The lowest BCUT2D eigenvalue weighted by atomic mass is 10.2. The van der Waals surface area contributed by atoms with Crippen LogP contribution in [0, 0.1) is 5.92 Å². The fourth-order valence-corrected chi connectivity index (χ4v) is 1.54. The predicted molar refractivity (Wildman–Crippen MR) is 77.0 cm³/mol. The second-order valence-electron chi connectivity index (χ2n) is 4.88. The first-order valence-electron chi connectivity index (χ1n) is 6.68. The molecule has 2 heterocycles. The van der Waals surface area contributed by atoms with Gasteiger partial charge in [-0.1, -0.05) is 13.8 Å². The highest BCUT2D eigenvalue weighted by atomic mass is 16.5. The van der Waals surface area contributed by atoms with Gasteiger partial charge < -0.3 is 15.2 Å². The predicted octanol–water partition coefficient (Wildman–Crippen LogP) is 2.71. The summed E-state index contributed by atoms with van der Waals surface area (Å²) in [7, 11) is 0. The van der Waals surface area contributed by atoms with Crippen LogP contribution in [-0.4, -0.2) is 21.4 Å². The second-order valence-corrected chi connectivity index (χ2v) is 4.88. The molecule has 0 radical (unpaired) electrons. The van der Waals surface area contributed by atoms with E-state index in [0.29, 0.717) is 35.7 Å². The van der Waals surface area contributed by atoms with Crippen molar-refractivity contribution in [1.29, 1.82) is 0 Å². The van der Waals surface area contributed by atoms with Crippen molar-refractivity contribution < 1.29 is 9.47 Å². The standard InChI is InChI=1S/C14H20N4O2/c1-4-18-8-11(7-16-18)20-13-6-5-12(15)14(17-13)19-9-10(2)3/h5-8,10H,4,9,15H2,1-3H3. The molecule has 0 unspecified atom stereocenters. The normalized spacial score (nSPS) is 10.8. The van der Waals surface area contributed by atoms with E-state index >= 15 is 0 Å². The summed E-state index contributed by atoms with van der Waals surface area (Å²) >= 11 is 0. The van der Waals surface area contributed by atoms with Gasteiger partial charge >= 0.3 is 0 Å². The number of aryl methyl sites for hydroxylation is 1. The minimum Gasteiger partial charge on any atom is -0.476 e. The third-order valence-electron chi connectivity index (χ3n) is 2.57. The molecule has 0 spiro atoms. The summed E-state index contributed by atoms with van der Waals surface area (Å²) in [6.45, 7) is 7.50. The van der Waals surface area contributed by atoms with Gasteiger partial charge in [-0.3, -0.25) is 4.68 Å². The summed E-state index contributed by atoms with van der Waals surface area (Å²) < 4.78 is 13.0. The summed E-state index contributed by atoms with van der Waals surface area (Å²) in [5, 5.41) is 4.14. The Hall–Kier alpha value is -2.24. The lowest BCUT2D eigenvalue weighted by molar-refractivity contribution is 0.260. The number of nitrogen functional groups attached to an aromatic ring is 1. The Morgan fingerprint density at radius 2 is 2.15 bits per heavy atom. The van der Waals surface area contributed by atoms with E-state index in [1.165, 1.54) is 0 Å². The van der Waals surface area contributed by atoms with Crippen molar-refractivity contribution in [3.8, 4) is 17.5 Å². The first-order valence-corrected chi connectivity index (χ1v) is 6.68. The Balaban J connectivity index is 2.10. The number of aromatic nitrogens is 3. The molecule has 108 valence electrons. The highest BCUT2D eigenvalue weighted by Crippen LogP contribution is 2.25. The quantitative estimate of drug-likeness (QED) is 0.878. The van der Waals surface area contributed by atoms with Crippen LogP contribution < -0.4 is 15.2 Å². The number of nitrogens with zero attached hydrogens (tertiary/aromatic N) is 3. The lowest BCUT2D eigenvalue weighted by Crippen LogP contribution is -2.07. The Kier molecular flexibility index (Phi) is 4.45. The van der Waals surface area contributed by atoms with Gasteiger partial charge in [0, 0.05) is 12.6 Å². The first-order chi connectivity index (χ1) is 9.58. The molecule has 6 heteroatoms. The maximum absolute atomic E-state index is 5.84. The van der Waals surface area contributed by atoms with E-state index < -0.39 is 0 Å². The van der Waals surface area contributed by atoms with Crippen molar-refractivity contribution in [1.82, 2.24) is 14.8 Å². The number of anilines is 1. The van der Waals surface area contributed by atoms with Crippen molar-refractivity contribution >= 4 is 5.69 Å². The number of ether oxygens (including phenoxy) is 2. The number of pyridine rings is 1. The Morgan fingerprint density at radius 1 is 1.35 bits per heavy atom. The average molecular weight is 276 g/mol. The van der Waals surface area contributed by atoms with Gasteiger partial charge in [0.1, 0.15) is 0 Å². The van der Waals surface area contributed by atoms with Gasteiger partial charge in [0.25, 0.3) is 0 Å². The maximum Gasteiger partial charge on any atom is 0.240 e. The summed E-state index contributed by atoms with van der Waals surface area (Å²) in [5.41, 5.74) is 6.34. The van der Waals surface area contributed by atoms with E-state index in [0.717, 1.165) is 6.54 Å². The molecule has 2 aromatic heterocycles. The topological polar surface area (TPSA) is 75.2 Å². The van der Waals surface area contributed by atoms with Crippen LogP contribution in [0.1, 0.15) is 20.8 Å². The molecule has 0 saturated heterocycles. The Labute approximate surface area is 118 Å². The van der Waals surface area contributed by atoms with Crippen molar-refractivity contribution in [2.24, 2.45) is 5.92 Å². The first kappa shape index (κ1) is 14.2. The summed E-state index contributed by atoms with van der Waals surface area (Å²) in [5.74, 6) is 1.88. The number of hydrogen-bond acceptors (Lipinski definition) is 5. The molecule has 0 saturated carbocycles. The van der Waals surface area contributed by atoms with Crippen molar-refractivity contribution in [3.05, 3.63) is 24.5 Å². The molecule has 0 aliphatic rings. The van der Waals surface area contributed by atoms with E-state index in [1.807, 2.05) is 13.1 Å². The molecule has 0 atom stereocenters. The Bertz CT molecular complexity index is 566. The zero-order valence-corrected chi connectivity index (χ0v) is 12.0. The molecule has 0 aliphatic heterocycles. The zero-order chi connectivity index (χ0) is 14.5. The maximum atomic E-state index is 5.84. The third kappa shape index (κ3) is 3.63. The average Bonchev–Trinajstić information content (AvgIpc) is 2.87. The number of nitrogens with two attached hydrogens (primary N) is 1. The van der Waals surface area contributed by atoms with Crippen LogP contribution in [0.3, 0.4) is 0 Å². The molecule has 6 nitrogen and oxygen atoms in total. The Morgan fingerprint density at radius 3 is 2.80 bits per heavy atom. The minimum atomic E-state index is 0.402. The van der Waals surface area contributed by atoms with Gasteiger partial charge in [-0.25, -0.2) is 0 Å². The smallest absolute Gasteiger partial charge is 0.240 e. The van der Waals surface area contributed by atoms with Crippen LogP contribution in [0.15, 0.2) is 24.5 Å². The fourth-order valence-electron chi connectivity index (χ4n) is 1.54. The van der Waals surface area contributed by atoms with Gasteiger partial charge in [0.05, 0.1) is 24.7 Å². The van der Waals surface area contributed by atoms with E-state index in [-0.39, 0.29) is 0 Å². The number of rotatable bonds is 6. The lowest BCUT2D eigenvalue weighted by Gasteiger charge is -2.11. The van der Waals surface area contributed by atoms with Crippen LogP contribution in [0.5, 0.6) is 17.5 Å². The van der Waals surface area contributed by atoms with Crippen LogP contribution in [0.25, 0.3) is 0 Å².